The third-order valence-electron chi connectivity index (χ3n) is 2.52. The van der Waals surface area contributed by atoms with Gasteiger partial charge in [0.15, 0.2) is 0 Å². The molecule has 2 aromatic rings. The molecule has 0 fully saturated rings. The molecule has 0 amide bonds. The fourth-order valence-electron chi connectivity index (χ4n) is 1.60. The normalized spacial score (nSPS) is 11.1. The van der Waals surface area contributed by atoms with E-state index in [-0.39, 0.29) is 16.1 Å². The van der Waals surface area contributed by atoms with E-state index in [0.29, 0.717) is 4.47 Å². The van der Waals surface area contributed by atoms with Crippen LogP contribution in [0, 0.1) is 3.57 Å². The van der Waals surface area contributed by atoms with E-state index in [9.17, 15) is 13.2 Å². The number of carboxylic acids is 1. The number of hydrogen-bond donors (Lipinski definition) is 2. The number of sulfonamides is 1. The summed E-state index contributed by atoms with van der Waals surface area (Å²) in [4.78, 5) is 11.1. The molecule has 0 saturated heterocycles. The summed E-state index contributed by atoms with van der Waals surface area (Å²) >= 11 is 5.23. The van der Waals surface area contributed by atoms with Crippen LogP contribution in [-0.2, 0) is 10.0 Å². The largest absolute Gasteiger partial charge is 0.478 e. The summed E-state index contributed by atoms with van der Waals surface area (Å²) < 4.78 is 28.2. The van der Waals surface area contributed by atoms with Gasteiger partial charge in [-0.3, -0.25) is 4.72 Å². The van der Waals surface area contributed by atoms with Crippen LogP contribution in [-0.4, -0.2) is 19.5 Å². The van der Waals surface area contributed by atoms with Crippen molar-refractivity contribution in [3.05, 3.63) is 56.1 Å². The van der Waals surface area contributed by atoms with Crippen molar-refractivity contribution < 1.29 is 18.3 Å². The van der Waals surface area contributed by atoms with E-state index in [2.05, 4.69) is 43.2 Å². The molecule has 2 N–H and O–H groups in total. The monoisotopic (exact) mass is 481 g/mol. The number of nitrogens with one attached hydrogen (secondary N) is 1. The van der Waals surface area contributed by atoms with Crippen LogP contribution in [0.5, 0.6) is 0 Å². The van der Waals surface area contributed by atoms with E-state index < -0.39 is 16.0 Å². The molecule has 0 unspecified atom stereocenters. The molecule has 0 aliphatic heterocycles. The second-order valence-corrected chi connectivity index (χ2v) is 7.94. The van der Waals surface area contributed by atoms with Crippen molar-refractivity contribution in [2.24, 2.45) is 0 Å². The van der Waals surface area contributed by atoms with Crippen molar-refractivity contribution in [3.63, 3.8) is 0 Å². The van der Waals surface area contributed by atoms with Crippen molar-refractivity contribution in [1.82, 2.24) is 0 Å². The lowest BCUT2D eigenvalue weighted by molar-refractivity contribution is 0.0697. The molecule has 0 heterocycles. The van der Waals surface area contributed by atoms with Gasteiger partial charge >= 0.3 is 5.97 Å². The van der Waals surface area contributed by atoms with Crippen molar-refractivity contribution in [1.29, 1.82) is 0 Å². The van der Waals surface area contributed by atoms with Gasteiger partial charge in [0, 0.05) is 8.04 Å². The van der Waals surface area contributed by atoms with Gasteiger partial charge in [0.25, 0.3) is 10.0 Å². The maximum Gasteiger partial charge on any atom is 0.335 e. The van der Waals surface area contributed by atoms with Crippen molar-refractivity contribution in [3.8, 4) is 0 Å². The van der Waals surface area contributed by atoms with Crippen LogP contribution in [0.25, 0.3) is 0 Å². The van der Waals surface area contributed by atoms with Gasteiger partial charge < -0.3 is 5.11 Å². The van der Waals surface area contributed by atoms with Crippen LogP contribution in [0.1, 0.15) is 10.4 Å². The average molecular weight is 482 g/mol. The van der Waals surface area contributed by atoms with Crippen molar-refractivity contribution in [2.75, 3.05) is 4.72 Å². The van der Waals surface area contributed by atoms with Gasteiger partial charge in [-0.05, 0) is 65.1 Å². The van der Waals surface area contributed by atoms with Gasteiger partial charge in [-0.2, -0.15) is 0 Å². The highest BCUT2D eigenvalue weighted by molar-refractivity contribution is 14.1. The second-order valence-electron chi connectivity index (χ2n) is 4.09. The number of halogens is 2. The Morgan fingerprint density at radius 1 is 1.14 bits per heavy atom. The lowest BCUT2D eigenvalue weighted by atomic mass is 10.2. The fraction of sp³-hybridized carbons (Fsp3) is 0. The molecule has 0 atom stereocenters. The Bertz CT molecular complexity index is 790. The van der Waals surface area contributed by atoms with Gasteiger partial charge in [-0.25, -0.2) is 13.2 Å². The first-order valence-electron chi connectivity index (χ1n) is 5.60. The van der Waals surface area contributed by atoms with Crippen LogP contribution >= 0.6 is 38.5 Å². The van der Waals surface area contributed by atoms with Gasteiger partial charge in [0.05, 0.1) is 16.1 Å². The Labute approximate surface area is 143 Å². The lowest BCUT2D eigenvalue weighted by Crippen LogP contribution is -2.13. The van der Waals surface area contributed by atoms with Crippen LogP contribution < -0.4 is 4.72 Å². The summed E-state index contributed by atoms with van der Waals surface area (Å²) in [5.41, 5.74) is 0.171. The number of benzene rings is 2. The Kier molecular flexibility index (Phi) is 4.89. The van der Waals surface area contributed by atoms with Gasteiger partial charge in [0.2, 0.25) is 0 Å². The maximum atomic E-state index is 12.2. The first-order chi connectivity index (χ1) is 9.78. The summed E-state index contributed by atoms with van der Waals surface area (Å²) in [5, 5.41) is 8.98. The minimum absolute atomic E-state index is 0.00955. The third kappa shape index (κ3) is 4.17. The number of hydrogen-bond acceptors (Lipinski definition) is 3. The van der Waals surface area contributed by atoms with Crippen LogP contribution in [0.3, 0.4) is 0 Å². The SMILES string of the molecule is O=C(O)c1cc(Br)cc(NS(=O)(=O)c2ccc(I)cc2)c1. The lowest BCUT2D eigenvalue weighted by Gasteiger charge is -2.09. The Morgan fingerprint density at radius 3 is 2.33 bits per heavy atom. The molecule has 0 aliphatic rings. The molecule has 0 aromatic heterocycles. The second kappa shape index (κ2) is 6.32. The predicted molar refractivity (Wildman–Crippen MR) is 91.1 cm³/mol. The number of carbonyl (C=O) groups is 1. The quantitative estimate of drug-likeness (QED) is 0.654. The minimum Gasteiger partial charge on any atom is -0.478 e. The minimum atomic E-state index is -3.76. The molecule has 8 heteroatoms. The molecule has 0 bridgehead atoms. The summed E-state index contributed by atoms with van der Waals surface area (Å²) in [5.74, 6) is -1.13. The summed E-state index contributed by atoms with van der Waals surface area (Å²) in [6.07, 6.45) is 0. The highest BCUT2D eigenvalue weighted by Crippen LogP contribution is 2.23. The molecule has 0 spiro atoms. The van der Waals surface area contributed by atoms with E-state index in [0.717, 1.165) is 3.57 Å². The third-order valence-corrected chi connectivity index (χ3v) is 5.10. The number of anilines is 1. The molecule has 2 rings (SSSR count). The van der Waals surface area contributed by atoms with Crippen LogP contribution in [0.15, 0.2) is 51.8 Å². The smallest absolute Gasteiger partial charge is 0.335 e. The van der Waals surface area contributed by atoms with Gasteiger partial charge in [-0.15, -0.1) is 0 Å². The summed E-state index contributed by atoms with van der Waals surface area (Å²) in [6, 6.07) is 10.5. The molecule has 0 aliphatic carbocycles. The Morgan fingerprint density at radius 2 is 1.76 bits per heavy atom. The highest BCUT2D eigenvalue weighted by Gasteiger charge is 2.15. The van der Waals surface area contributed by atoms with Gasteiger partial charge in [-0.1, -0.05) is 15.9 Å². The van der Waals surface area contributed by atoms with Crippen LogP contribution in [0.4, 0.5) is 5.69 Å². The van der Waals surface area contributed by atoms with E-state index in [1.54, 1.807) is 12.1 Å². The van der Waals surface area contributed by atoms with Gasteiger partial charge in [0.1, 0.15) is 0 Å². The van der Waals surface area contributed by atoms with Crippen molar-refractivity contribution >= 4 is 60.2 Å². The average Bonchev–Trinajstić information content (AvgIpc) is 2.37. The van der Waals surface area contributed by atoms with Crippen molar-refractivity contribution in [2.45, 2.75) is 4.90 Å². The molecular weight excluding hydrogens is 473 g/mol. The number of carboxylic acid groups (broad SMARTS) is 1. The first kappa shape index (κ1) is 16.2. The molecule has 21 heavy (non-hydrogen) atoms. The molecule has 110 valence electrons. The Hall–Kier alpha value is -1.13. The van der Waals surface area contributed by atoms with E-state index in [1.165, 1.54) is 30.3 Å². The maximum absolute atomic E-state index is 12.2. The van der Waals surface area contributed by atoms with Crippen LogP contribution in [0.2, 0.25) is 0 Å². The zero-order valence-electron chi connectivity index (χ0n) is 10.4. The standard InChI is InChI=1S/C13H9BrINO4S/c14-9-5-8(13(17)18)6-11(7-9)16-21(19,20)12-3-1-10(15)2-4-12/h1-7,16H,(H,17,18). The zero-order valence-corrected chi connectivity index (χ0v) is 14.9. The fourth-order valence-corrected chi connectivity index (χ4v) is 3.49. The molecule has 2 aromatic carbocycles. The highest BCUT2D eigenvalue weighted by atomic mass is 127. The topological polar surface area (TPSA) is 83.5 Å². The first-order valence-corrected chi connectivity index (χ1v) is 8.96. The van der Waals surface area contributed by atoms with E-state index in [4.69, 9.17) is 5.11 Å². The van der Waals surface area contributed by atoms with E-state index in [1.807, 2.05) is 0 Å². The summed E-state index contributed by atoms with van der Waals surface area (Å²) in [6.45, 7) is 0. The zero-order chi connectivity index (χ0) is 15.6. The molecular formula is C13H9BrINO4S. The summed E-state index contributed by atoms with van der Waals surface area (Å²) in [7, 11) is -3.76. The number of rotatable bonds is 4. The number of aromatic carboxylic acids is 1. The molecule has 0 radical (unpaired) electrons. The van der Waals surface area contributed by atoms with E-state index >= 15 is 0 Å². The molecule has 5 nitrogen and oxygen atoms in total. The molecule has 0 saturated carbocycles. The Balaban J connectivity index is 2.36. The predicted octanol–water partition coefficient (Wildman–Crippen LogP) is 3.55.